The van der Waals surface area contributed by atoms with E-state index in [9.17, 15) is 13.2 Å². The molecule has 0 aliphatic carbocycles. The largest absolute Gasteiger partial charge is 0.481 e. The monoisotopic (exact) mass is 313 g/mol. The van der Waals surface area contributed by atoms with Crippen molar-refractivity contribution in [3.8, 4) is 0 Å². The summed E-state index contributed by atoms with van der Waals surface area (Å²) in [5.41, 5.74) is 0. The van der Waals surface area contributed by atoms with E-state index >= 15 is 0 Å². The lowest BCUT2D eigenvalue weighted by Gasteiger charge is -2.02. The second-order valence-corrected chi connectivity index (χ2v) is 6.19. The third kappa shape index (κ3) is 4.17. The molecule has 2 rings (SSSR count). The Morgan fingerprint density at radius 1 is 1.48 bits per heavy atom. The Balaban J connectivity index is 2.00. The van der Waals surface area contributed by atoms with E-state index in [1.165, 1.54) is 17.1 Å². The molecule has 9 heteroatoms. The van der Waals surface area contributed by atoms with Gasteiger partial charge >= 0.3 is 5.97 Å². The van der Waals surface area contributed by atoms with Crippen LogP contribution < -0.4 is 4.72 Å². The van der Waals surface area contributed by atoms with E-state index in [0.29, 0.717) is 11.5 Å². The van der Waals surface area contributed by atoms with Gasteiger partial charge in [0.1, 0.15) is 16.4 Å². The van der Waals surface area contributed by atoms with Crippen molar-refractivity contribution in [3.05, 3.63) is 36.0 Å². The lowest BCUT2D eigenvalue weighted by molar-refractivity contribution is -0.137. The molecule has 0 aliphatic heterocycles. The van der Waals surface area contributed by atoms with Crippen LogP contribution in [0.5, 0.6) is 0 Å². The third-order valence-electron chi connectivity index (χ3n) is 2.71. The van der Waals surface area contributed by atoms with Gasteiger partial charge < -0.3 is 9.52 Å². The van der Waals surface area contributed by atoms with E-state index in [1.54, 1.807) is 19.1 Å². The van der Waals surface area contributed by atoms with Crippen LogP contribution in [0.4, 0.5) is 0 Å². The number of rotatable bonds is 7. The summed E-state index contributed by atoms with van der Waals surface area (Å²) >= 11 is 0. The molecule has 0 spiro atoms. The van der Waals surface area contributed by atoms with Crippen LogP contribution in [-0.2, 0) is 27.9 Å². The topological polar surface area (TPSA) is 114 Å². The fraction of sp³-hybridized carbons (Fsp3) is 0.333. The number of carbonyl (C=O) groups is 1. The predicted molar refractivity (Wildman–Crippen MR) is 72.0 cm³/mol. The Kier molecular flexibility index (Phi) is 4.43. The molecule has 0 aromatic carbocycles. The zero-order chi connectivity index (χ0) is 15.5. The number of aliphatic carboxylic acids is 1. The van der Waals surface area contributed by atoms with Crippen molar-refractivity contribution in [1.82, 2.24) is 14.5 Å². The first-order valence-electron chi connectivity index (χ1n) is 6.16. The van der Waals surface area contributed by atoms with Crippen molar-refractivity contribution >= 4 is 16.0 Å². The minimum Gasteiger partial charge on any atom is -0.481 e. The van der Waals surface area contributed by atoms with Crippen molar-refractivity contribution < 1.29 is 22.7 Å². The maximum atomic E-state index is 12.0. The van der Waals surface area contributed by atoms with Crippen LogP contribution in [-0.4, -0.2) is 29.3 Å². The minimum atomic E-state index is -3.71. The molecule has 0 unspecified atom stereocenters. The molecule has 0 amide bonds. The molecule has 0 radical (unpaired) electrons. The number of furan rings is 1. The number of hydrogen-bond donors (Lipinski definition) is 2. The summed E-state index contributed by atoms with van der Waals surface area (Å²) in [6.45, 7) is 1.92. The van der Waals surface area contributed by atoms with Gasteiger partial charge in [-0.2, -0.15) is 5.10 Å². The van der Waals surface area contributed by atoms with Crippen LogP contribution in [0.3, 0.4) is 0 Å². The van der Waals surface area contributed by atoms with Crippen LogP contribution in [0.15, 0.2) is 33.8 Å². The van der Waals surface area contributed by atoms with Crippen LogP contribution in [0.2, 0.25) is 0 Å². The number of nitrogens with zero attached hydrogens (tertiary/aromatic N) is 2. The molecular weight excluding hydrogens is 298 g/mol. The van der Waals surface area contributed by atoms with Gasteiger partial charge in [0.15, 0.2) is 0 Å². The van der Waals surface area contributed by atoms with Gasteiger partial charge in [0.25, 0.3) is 0 Å². The van der Waals surface area contributed by atoms with E-state index in [4.69, 9.17) is 9.52 Å². The fourth-order valence-electron chi connectivity index (χ4n) is 1.65. The zero-order valence-corrected chi connectivity index (χ0v) is 12.1. The van der Waals surface area contributed by atoms with Crippen LogP contribution in [0, 0.1) is 6.92 Å². The molecule has 114 valence electrons. The third-order valence-corrected chi connectivity index (χ3v) is 4.06. The highest BCUT2D eigenvalue weighted by Crippen LogP contribution is 2.10. The van der Waals surface area contributed by atoms with E-state index in [1.807, 2.05) is 0 Å². The molecule has 0 bridgehead atoms. The van der Waals surface area contributed by atoms with E-state index in [-0.39, 0.29) is 24.4 Å². The summed E-state index contributed by atoms with van der Waals surface area (Å²) in [4.78, 5) is 10.4. The number of carboxylic acid groups (broad SMARTS) is 1. The molecule has 2 heterocycles. The number of nitrogens with one attached hydrogen (secondary N) is 1. The second kappa shape index (κ2) is 6.10. The summed E-state index contributed by atoms with van der Waals surface area (Å²) in [5.74, 6) is 0.237. The maximum Gasteiger partial charge on any atom is 0.305 e. The van der Waals surface area contributed by atoms with Gasteiger partial charge in [-0.05, 0) is 19.1 Å². The van der Waals surface area contributed by atoms with Crippen molar-refractivity contribution in [3.63, 3.8) is 0 Å². The highest BCUT2D eigenvalue weighted by Gasteiger charge is 2.17. The number of sulfonamides is 1. The molecule has 2 N–H and O–H groups in total. The highest BCUT2D eigenvalue weighted by atomic mass is 32.2. The number of aromatic nitrogens is 2. The van der Waals surface area contributed by atoms with Gasteiger partial charge in [-0.3, -0.25) is 9.48 Å². The molecule has 21 heavy (non-hydrogen) atoms. The van der Waals surface area contributed by atoms with Gasteiger partial charge in [-0.25, -0.2) is 13.1 Å². The quantitative estimate of drug-likeness (QED) is 0.779. The molecule has 0 fully saturated rings. The van der Waals surface area contributed by atoms with E-state index < -0.39 is 16.0 Å². The minimum absolute atomic E-state index is 0.0174. The highest BCUT2D eigenvalue weighted by molar-refractivity contribution is 7.89. The van der Waals surface area contributed by atoms with Gasteiger partial charge in [-0.1, -0.05) is 0 Å². The van der Waals surface area contributed by atoms with Crippen molar-refractivity contribution in [2.45, 2.75) is 31.3 Å². The Bertz CT molecular complexity index is 732. The molecule has 0 aliphatic rings. The van der Waals surface area contributed by atoms with Crippen molar-refractivity contribution in [2.75, 3.05) is 0 Å². The van der Waals surface area contributed by atoms with Crippen LogP contribution >= 0.6 is 0 Å². The lowest BCUT2D eigenvalue weighted by atomic mass is 10.4. The molecule has 0 atom stereocenters. The Morgan fingerprint density at radius 2 is 2.24 bits per heavy atom. The molecule has 2 aromatic rings. The fourth-order valence-corrected chi connectivity index (χ4v) is 2.59. The number of carboxylic acids is 1. The maximum absolute atomic E-state index is 12.0. The SMILES string of the molecule is Cc1ccc(CNS(=O)(=O)c2cnn(CCC(=O)O)c2)o1. The van der Waals surface area contributed by atoms with Gasteiger partial charge in [0.05, 0.1) is 25.7 Å². The summed E-state index contributed by atoms with van der Waals surface area (Å²) in [6, 6.07) is 3.43. The lowest BCUT2D eigenvalue weighted by Crippen LogP contribution is -2.22. The average Bonchev–Trinajstić information content (AvgIpc) is 3.03. The summed E-state index contributed by atoms with van der Waals surface area (Å²) < 4.78 is 33.0. The first-order chi connectivity index (χ1) is 9.87. The molecular formula is C12H15N3O5S. The van der Waals surface area contributed by atoms with Crippen LogP contribution in [0.25, 0.3) is 0 Å². The normalized spacial score (nSPS) is 11.7. The number of aryl methyl sites for hydroxylation is 2. The zero-order valence-electron chi connectivity index (χ0n) is 11.3. The standard InChI is InChI=1S/C12H15N3O5S/c1-9-2-3-10(20-9)6-14-21(18,19)11-7-13-15(8-11)5-4-12(16)17/h2-3,7-8,14H,4-6H2,1H3,(H,16,17). The first kappa shape index (κ1) is 15.3. The first-order valence-corrected chi connectivity index (χ1v) is 7.64. The van der Waals surface area contributed by atoms with Crippen LogP contribution in [0.1, 0.15) is 17.9 Å². The average molecular weight is 313 g/mol. The molecule has 0 saturated carbocycles. The molecule has 8 nitrogen and oxygen atoms in total. The van der Waals surface area contributed by atoms with Gasteiger partial charge in [-0.15, -0.1) is 0 Å². The smallest absolute Gasteiger partial charge is 0.305 e. The van der Waals surface area contributed by atoms with Crippen molar-refractivity contribution in [1.29, 1.82) is 0 Å². The second-order valence-electron chi connectivity index (χ2n) is 4.42. The summed E-state index contributed by atoms with van der Waals surface area (Å²) in [6.07, 6.45) is 2.34. The number of hydrogen-bond acceptors (Lipinski definition) is 5. The van der Waals surface area contributed by atoms with Gasteiger partial charge in [0, 0.05) is 6.20 Å². The summed E-state index contributed by atoms with van der Waals surface area (Å²) in [5, 5.41) is 12.4. The van der Waals surface area contributed by atoms with E-state index in [2.05, 4.69) is 9.82 Å². The Hall–Kier alpha value is -2.13. The van der Waals surface area contributed by atoms with Crippen molar-refractivity contribution in [2.24, 2.45) is 0 Å². The molecule has 0 saturated heterocycles. The molecule has 2 aromatic heterocycles. The van der Waals surface area contributed by atoms with E-state index in [0.717, 1.165) is 0 Å². The Labute approximate surface area is 121 Å². The predicted octanol–water partition coefficient (Wildman–Crippen LogP) is 0.738. The Morgan fingerprint density at radius 3 is 2.86 bits per heavy atom. The van der Waals surface area contributed by atoms with Gasteiger partial charge in [0.2, 0.25) is 10.0 Å². The summed E-state index contributed by atoms with van der Waals surface area (Å²) in [7, 11) is -3.71.